The minimum Gasteiger partial charge on any atom is -0.382 e. The monoisotopic (exact) mass is 398 g/mol. The van der Waals surface area contributed by atoms with Crippen LogP contribution in [-0.4, -0.2) is 56.8 Å². The normalized spacial score (nSPS) is 16.1. The van der Waals surface area contributed by atoms with Gasteiger partial charge in [0.25, 0.3) is 0 Å². The average molecular weight is 398 g/mol. The van der Waals surface area contributed by atoms with E-state index in [4.69, 9.17) is 10.5 Å². The molecule has 1 saturated heterocycles. The molecule has 3 N–H and O–H groups in total. The van der Waals surface area contributed by atoms with Gasteiger partial charge in [-0.15, -0.1) is 24.0 Å². The topological polar surface area (TPSA) is 62.9 Å². The van der Waals surface area contributed by atoms with E-state index in [-0.39, 0.29) is 24.0 Å². The van der Waals surface area contributed by atoms with Gasteiger partial charge in [-0.25, -0.2) is 0 Å². The van der Waals surface area contributed by atoms with Crippen LogP contribution in [0.4, 0.5) is 0 Å². The molecule has 0 atom stereocenters. The van der Waals surface area contributed by atoms with Crippen molar-refractivity contribution in [2.75, 3.05) is 45.9 Å². The van der Waals surface area contributed by atoms with Crippen LogP contribution < -0.4 is 11.1 Å². The molecule has 0 radical (unpaired) electrons. The predicted molar refractivity (Wildman–Crippen MR) is 95.9 cm³/mol. The summed E-state index contributed by atoms with van der Waals surface area (Å²) in [5.74, 6) is 0.567. The minimum absolute atomic E-state index is 0. The number of unbranched alkanes of at least 4 members (excludes halogenated alkanes) is 1. The fourth-order valence-corrected chi connectivity index (χ4v) is 2.25. The summed E-state index contributed by atoms with van der Waals surface area (Å²) < 4.78 is 5.24. The number of hydrogen-bond donors (Lipinski definition) is 2. The third-order valence-electron chi connectivity index (χ3n) is 3.34. The molecule has 120 valence electrons. The van der Waals surface area contributed by atoms with E-state index in [1.165, 1.54) is 38.9 Å². The van der Waals surface area contributed by atoms with Crippen molar-refractivity contribution in [3.05, 3.63) is 0 Å². The lowest BCUT2D eigenvalue weighted by Gasteiger charge is -2.14. The maximum absolute atomic E-state index is 5.78. The van der Waals surface area contributed by atoms with Crippen molar-refractivity contribution in [2.24, 2.45) is 10.7 Å². The molecule has 0 amide bonds. The number of aliphatic imine (C=N–C) groups is 1. The highest BCUT2D eigenvalue weighted by atomic mass is 127. The molecule has 0 bridgehead atoms. The number of ether oxygens (including phenoxy) is 1. The second kappa shape index (κ2) is 13.9. The Balaban J connectivity index is 0.00000361. The van der Waals surface area contributed by atoms with Crippen LogP contribution in [0.1, 0.15) is 39.0 Å². The molecule has 0 saturated carbocycles. The van der Waals surface area contributed by atoms with E-state index >= 15 is 0 Å². The zero-order chi connectivity index (χ0) is 13.8. The third kappa shape index (κ3) is 10.7. The van der Waals surface area contributed by atoms with Crippen molar-refractivity contribution in [3.63, 3.8) is 0 Å². The van der Waals surface area contributed by atoms with Gasteiger partial charge in [-0.1, -0.05) is 0 Å². The fourth-order valence-electron chi connectivity index (χ4n) is 2.25. The van der Waals surface area contributed by atoms with Crippen LogP contribution >= 0.6 is 24.0 Å². The summed E-state index contributed by atoms with van der Waals surface area (Å²) in [6.07, 6.45) is 6.08. The molecule has 0 spiro atoms. The summed E-state index contributed by atoms with van der Waals surface area (Å²) in [7, 11) is 0. The standard InChI is InChI=1S/C14H30N4O.HI/c1-2-19-13-7-9-17-14(15)16-8-3-4-10-18-11-5-6-12-18;/h2-13H2,1H3,(H3,15,16,17);1H. The minimum atomic E-state index is 0. The maximum atomic E-state index is 5.78. The van der Waals surface area contributed by atoms with Crippen molar-refractivity contribution >= 4 is 29.9 Å². The van der Waals surface area contributed by atoms with Gasteiger partial charge in [0.15, 0.2) is 5.96 Å². The lowest BCUT2D eigenvalue weighted by molar-refractivity contribution is 0.146. The molecule has 6 heteroatoms. The number of nitrogens with zero attached hydrogens (tertiary/aromatic N) is 2. The predicted octanol–water partition coefficient (Wildman–Crippen LogP) is 1.81. The largest absolute Gasteiger partial charge is 0.382 e. The molecule has 1 aliphatic heterocycles. The molecule has 20 heavy (non-hydrogen) atoms. The molecule has 0 aromatic heterocycles. The van der Waals surface area contributed by atoms with Gasteiger partial charge in [-0.3, -0.25) is 4.99 Å². The van der Waals surface area contributed by atoms with Crippen molar-refractivity contribution < 1.29 is 4.74 Å². The van der Waals surface area contributed by atoms with Crippen molar-refractivity contribution in [2.45, 2.75) is 39.0 Å². The van der Waals surface area contributed by atoms with Crippen LogP contribution in [-0.2, 0) is 4.74 Å². The lowest BCUT2D eigenvalue weighted by Crippen LogP contribution is -2.33. The molecule has 0 aromatic carbocycles. The number of nitrogens with two attached hydrogens (primary N) is 1. The maximum Gasteiger partial charge on any atom is 0.188 e. The smallest absolute Gasteiger partial charge is 0.188 e. The van der Waals surface area contributed by atoms with Gasteiger partial charge in [-0.05, 0) is 58.7 Å². The van der Waals surface area contributed by atoms with Gasteiger partial charge >= 0.3 is 0 Å². The number of likely N-dealkylation sites (tertiary alicyclic amines) is 1. The van der Waals surface area contributed by atoms with Crippen molar-refractivity contribution in [3.8, 4) is 0 Å². The first kappa shape index (κ1) is 19.9. The zero-order valence-corrected chi connectivity index (χ0v) is 15.1. The van der Waals surface area contributed by atoms with E-state index in [0.717, 1.165) is 39.1 Å². The number of halogens is 1. The Bertz CT molecular complexity index is 245. The number of nitrogens with one attached hydrogen (secondary N) is 1. The summed E-state index contributed by atoms with van der Waals surface area (Å²) in [6.45, 7) is 9.01. The first-order chi connectivity index (χ1) is 9.33. The Morgan fingerprint density at radius 3 is 2.70 bits per heavy atom. The van der Waals surface area contributed by atoms with Gasteiger partial charge in [0.05, 0.1) is 0 Å². The van der Waals surface area contributed by atoms with E-state index in [2.05, 4.69) is 15.2 Å². The van der Waals surface area contributed by atoms with Crippen LogP contribution in [0.2, 0.25) is 0 Å². The van der Waals surface area contributed by atoms with Gasteiger partial charge in [0.2, 0.25) is 0 Å². The Morgan fingerprint density at radius 1 is 1.25 bits per heavy atom. The Morgan fingerprint density at radius 2 is 2.00 bits per heavy atom. The first-order valence-electron chi connectivity index (χ1n) is 7.67. The summed E-state index contributed by atoms with van der Waals surface area (Å²) in [4.78, 5) is 6.81. The number of hydrogen-bond acceptors (Lipinski definition) is 3. The molecule has 0 unspecified atom stereocenters. The summed E-state index contributed by atoms with van der Waals surface area (Å²) in [5.41, 5.74) is 5.78. The molecular formula is C14H31IN4O. The van der Waals surface area contributed by atoms with Crippen LogP contribution in [0.3, 0.4) is 0 Å². The zero-order valence-electron chi connectivity index (χ0n) is 12.8. The Labute approximate surface area is 140 Å². The summed E-state index contributed by atoms with van der Waals surface area (Å²) >= 11 is 0. The van der Waals surface area contributed by atoms with Gasteiger partial charge in [0.1, 0.15) is 0 Å². The molecule has 1 aliphatic rings. The summed E-state index contributed by atoms with van der Waals surface area (Å²) in [5, 5.41) is 3.17. The Kier molecular flexibility index (Phi) is 13.8. The van der Waals surface area contributed by atoms with E-state index < -0.39 is 0 Å². The second-order valence-electron chi connectivity index (χ2n) is 5.00. The summed E-state index contributed by atoms with van der Waals surface area (Å²) in [6, 6.07) is 0. The van der Waals surface area contributed by atoms with Gasteiger partial charge in [-0.2, -0.15) is 0 Å². The van der Waals surface area contributed by atoms with Crippen LogP contribution in [0.15, 0.2) is 4.99 Å². The lowest BCUT2D eigenvalue weighted by atomic mass is 10.3. The van der Waals surface area contributed by atoms with E-state index in [0.29, 0.717) is 5.96 Å². The van der Waals surface area contributed by atoms with Crippen LogP contribution in [0.5, 0.6) is 0 Å². The van der Waals surface area contributed by atoms with Gasteiger partial charge in [0, 0.05) is 26.3 Å². The highest BCUT2D eigenvalue weighted by Crippen LogP contribution is 2.07. The van der Waals surface area contributed by atoms with E-state index in [1.807, 2.05) is 6.92 Å². The molecule has 1 fully saturated rings. The highest BCUT2D eigenvalue weighted by Gasteiger charge is 2.09. The van der Waals surface area contributed by atoms with Gasteiger partial charge < -0.3 is 20.7 Å². The molecule has 5 nitrogen and oxygen atoms in total. The van der Waals surface area contributed by atoms with E-state index in [9.17, 15) is 0 Å². The number of guanidine groups is 1. The van der Waals surface area contributed by atoms with Crippen molar-refractivity contribution in [1.29, 1.82) is 0 Å². The highest BCUT2D eigenvalue weighted by molar-refractivity contribution is 14.0. The van der Waals surface area contributed by atoms with Crippen LogP contribution in [0, 0.1) is 0 Å². The molecule has 1 heterocycles. The molecule has 0 aliphatic carbocycles. The third-order valence-corrected chi connectivity index (χ3v) is 3.34. The average Bonchev–Trinajstić information content (AvgIpc) is 2.91. The quantitative estimate of drug-likeness (QED) is 0.255. The molecule has 1 rings (SSSR count). The SMILES string of the molecule is CCOCCCN=C(N)NCCCCN1CCCC1.I. The van der Waals surface area contributed by atoms with Crippen molar-refractivity contribution in [1.82, 2.24) is 10.2 Å². The molecule has 0 aromatic rings. The fraction of sp³-hybridized carbons (Fsp3) is 0.929. The molecular weight excluding hydrogens is 367 g/mol. The van der Waals surface area contributed by atoms with E-state index in [1.54, 1.807) is 0 Å². The second-order valence-corrected chi connectivity index (χ2v) is 5.00. The number of rotatable bonds is 10. The first-order valence-corrected chi connectivity index (χ1v) is 7.67. The van der Waals surface area contributed by atoms with Crippen LogP contribution in [0.25, 0.3) is 0 Å². The Hall–Kier alpha value is -0.0800.